The van der Waals surface area contributed by atoms with Crippen molar-refractivity contribution in [2.45, 2.75) is 6.42 Å². The van der Waals surface area contributed by atoms with Crippen LogP contribution in [-0.4, -0.2) is 26.1 Å². The van der Waals surface area contributed by atoms with E-state index >= 15 is 0 Å². The van der Waals surface area contributed by atoms with Crippen LogP contribution < -0.4 is 10.1 Å². The number of halogens is 1. The molecule has 1 N–H and O–H groups in total. The third kappa shape index (κ3) is 5.03. The highest BCUT2D eigenvalue weighted by molar-refractivity contribution is 6.17. The van der Waals surface area contributed by atoms with Gasteiger partial charge < -0.3 is 10.1 Å². The second-order valence-electron chi connectivity index (χ2n) is 6.47. The normalized spacial score (nSPS) is 11.1. The Balaban J connectivity index is 2.21. The maximum atomic E-state index is 6.17. The molecule has 0 unspecified atom stereocenters. The molecule has 0 saturated heterocycles. The molecule has 144 valence electrons. The average molecular weight is 392 g/mol. The SMILES string of the molecule is CNCCOc1ccc(/C=C/CCCl)c(-c2ccccc2)c1-c1ccccc1. The molecule has 0 spiro atoms. The minimum atomic E-state index is 0.617. The molecule has 0 aromatic heterocycles. The van der Waals surface area contributed by atoms with E-state index < -0.39 is 0 Å². The second kappa shape index (κ2) is 10.7. The number of likely N-dealkylation sites (N-methyl/N-ethyl adjacent to an activating group) is 1. The molecular formula is C25H26ClNO. The summed E-state index contributed by atoms with van der Waals surface area (Å²) < 4.78 is 6.17. The van der Waals surface area contributed by atoms with Crippen molar-refractivity contribution in [3.05, 3.63) is 84.4 Å². The third-order valence-corrected chi connectivity index (χ3v) is 4.73. The van der Waals surface area contributed by atoms with Gasteiger partial charge in [0.1, 0.15) is 12.4 Å². The molecular weight excluding hydrogens is 366 g/mol. The minimum absolute atomic E-state index is 0.617. The van der Waals surface area contributed by atoms with Crippen LogP contribution in [0, 0.1) is 0 Å². The highest BCUT2D eigenvalue weighted by atomic mass is 35.5. The number of nitrogens with one attached hydrogen (secondary N) is 1. The Morgan fingerprint density at radius 2 is 1.50 bits per heavy atom. The van der Waals surface area contributed by atoms with Crippen molar-refractivity contribution >= 4 is 17.7 Å². The molecule has 0 amide bonds. The van der Waals surface area contributed by atoms with Crippen molar-refractivity contribution < 1.29 is 4.74 Å². The van der Waals surface area contributed by atoms with Gasteiger partial charge in [-0.2, -0.15) is 0 Å². The van der Waals surface area contributed by atoms with Crippen LogP contribution in [0.4, 0.5) is 0 Å². The van der Waals surface area contributed by atoms with E-state index in [1.165, 1.54) is 11.1 Å². The lowest BCUT2D eigenvalue weighted by Crippen LogP contribution is -2.16. The second-order valence-corrected chi connectivity index (χ2v) is 6.84. The van der Waals surface area contributed by atoms with Crippen molar-refractivity contribution in [1.29, 1.82) is 0 Å². The number of benzene rings is 3. The fraction of sp³-hybridized carbons (Fsp3) is 0.200. The average Bonchev–Trinajstić information content (AvgIpc) is 2.75. The fourth-order valence-corrected chi connectivity index (χ4v) is 3.33. The monoisotopic (exact) mass is 391 g/mol. The van der Waals surface area contributed by atoms with Gasteiger partial charge in [-0.05, 0) is 36.2 Å². The Bertz CT molecular complexity index is 891. The molecule has 3 aromatic rings. The summed E-state index contributed by atoms with van der Waals surface area (Å²) in [4.78, 5) is 0. The summed E-state index contributed by atoms with van der Waals surface area (Å²) in [6.45, 7) is 1.41. The van der Waals surface area contributed by atoms with Gasteiger partial charge in [0, 0.05) is 23.6 Å². The van der Waals surface area contributed by atoms with Crippen LogP contribution in [0.5, 0.6) is 5.75 Å². The molecule has 28 heavy (non-hydrogen) atoms. The van der Waals surface area contributed by atoms with Gasteiger partial charge in [-0.1, -0.05) is 78.9 Å². The highest BCUT2D eigenvalue weighted by Crippen LogP contribution is 2.42. The Hall–Kier alpha value is -2.55. The number of allylic oxidation sites excluding steroid dienone is 1. The molecule has 0 aliphatic rings. The van der Waals surface area contributed by atoms with Crippen LogP contribution in [-0.2, 0) is 0 Å². The van der Waals surface area contributed by atoms with Crippen molar-refractivity contribution in [1.82, 2.24) is 5.32 Å². The lowest BCUT2D eigenvalue weighted by molar-refractivity contribution is 0.320. The molecule has 0 fully saturated rings. The third-order valence-electron chi connectivity index (χ3n) is 4.51. The van der Waals surface area contributed by atoms with Gasteiger partial charge in [0.05, 0.1) is 0 Å². The van der Waals surface area contributed by atoms with Gasteiger partial charge in [0.2, 0.25) is 0 Å². The molecule has 3 heteroatoms. The lowest BCUT2D eigenvalue weighted by Gasteiger charge is -2.19. The van der Waals surface area contributed by atoms with Crippen LogP contribution in [0.2, 0.25) is 0 Å². The van der Waals surface area contributed by atoms with Gasteiger partial charge in [-0.15, -0.1) is 11.6 Å². The zero-order valence-electron chi connectivity index (χ0n) is 16.2. The Kier molecular flexibility index (Phi) is 7.71. The topological polar surface area (TPSA) is 21.3 Å². The van der Waals surface area contributed by atoms with E-state index in [0.29, 0.717) is 12.5 Å². The largest absolute Gasteiger partial charge is 0.492 e. The molecule has 0 radical (unpaired) electrons. The molecule has 0 atom stereocenters. The molecule has 0 bridgehead atoms. The molecule has 3 rings (SSSR count). The van der Waals surface area contributed by atoms with E-state index in [1.54, 1.807) is 0 Å². The van der Waals surface area contributed by atoms with Gasteiger partial charge >= 0.3 is 0 Å². The summed E-state index contributed by atoms with van der Waals surface area (Å²) in [5, 5.41) is 3.14. The van der Waals surface area contributed by atoms with E-state index in [4.69, 9.17) is 16.3 Å². The summed E-state index contributed by atoms with van der Waals surface area (Å²) in [6, 6.07) is 25.2. The van der Waals surface area contributed by atoms with Crippen LogP contribution in [0.1, 0.15) is 12.0 Å². The smallest absolute Gasteiger partial charge is 0.127 e. The van der Waals surface area contributed by atoms with Crippen LogP contribution in [0.15, 0.2) is 78.9 Å². The molecule has 2 nitrogen and oxygen atoms in total. The number of hydrogen-bond donors (Lipinski definition) is 1. The first-order chi connectivity index (χ1) is 13.8. The highest BCUT2D eigenvalue weighted by Gasteiger charge is 2.17. The lowest BCUT2D eigenvalue weighted by atomic mass is 9.89. The maximum Gasteiger partial charge on any atom is 0.127 e. The standard InChI is InChI=1S/C25H26ClNO/c1-27-18-19-28-23-16-15-22(14-8-9-17-26)24(20-10-4-2-5-11-20)25(23)21-12-6-3-7-13-21/h2-8,10-16,27H,9,17-19H2,1H3/b14-8+. The Morgan fingerprint density at radius 1 is 0.857 bits per heavy atom. The Morgan fingerprint density at radius 3 is 2.11 bits per heavy atom. The van der Waals surface area contributed by atoms with E-state index in [9.17, 15) is 0 Å². The maximum absolute atomic E-state index is 6.17. The van der Waals surface area contributed by atoms with E-state index in [1.807, 2.05) is 19.2 Å². The van der Waals surface area contributed by atoms with Crippen LogP contribution >= 0.6 is 11.6 Å². The van der Waals surface area contributed by atoms with Gasteiger partial charge in [0.25, 0.3) is 0 Å². The fourth-order valence-electron chi connectivity index (χ4n) is 3.20. The molecule has 0 aliphatic carbocycles. The van der Waals surface area contributed by atoms with Gasteiger partial charge in [-0.3, -0.25) is 0 Å². The number of ether oxygens (including phenoxy) is 1. The zero-order chi connectivity index (χ0) is 19.6. The zero-order valence-corrected chi connectivity index (χ0v) is 17.0. The van der Waals surface area contributed by atoms with Crippen LogP contribution in [0.3, 0.4) is 0 Å². The van der Waals surface area contributed by atoms with Crippen LogP contribution in [0.25, 0.3) is 28.3 Å². The predicted octanol–water partition coefficient (Wildman–Crippen LogP) is 6.26. The number of alkyl halides is 1. The minimum Gasteiger partial charge on any atom is -0.492 e. The summed E-state index contributed by atoms with van der Waals surface area (Å²) in [5.74, 6) is 1.52. The summed E-state index contributed by atoms with van der Waals surface area (Å²) in [7, 11) is 1.93. The molecule has 3 aromatic carbocycles. The van der Waals surface area contributed by atoms with E-state index in [-0.39, 0.29) is 0 Å². The molecule has 0 saturated carbocycles. The number of rotatable bonds is 9. The first kappa shape index (κ1) is 20.2. The Labute approximate surface area is 172 Å². The van der Waals surface area contributed by atoms with Crippen molar-refractivity contribution in [3.8, 4) is 28.0 Å². The van der Waals surface area contributed by atoms with E-state index in [2.05, 4.69) is 78.1 Å². The summed E-state index contributed by atoms with van der Waals surface area (Å²) >= 11 is 5.87. The van der Waals surface area contributed by atoms with Gasteiger partial charge in [-0.25, -0.2) is 0 Å². The van der Waals surface area contributed by atoms with E-state index in [0.717, 1.165) is 35.4 Å². The van der Waals surface area contributed by atoms with Crippen molar-refractivity contribution in [3.63, 3.8) is 0 Å². The predicted molar refractivity (Wildman–Crippen MR) is 121 cm³/mol. The first-order valence-corrected chi connectivity index (χ1v) is 10.2. The molecule has 0 heterocycles. The van der Waals surface area contributed by atoms with Gasteiger partial charge in [0.15, 0.2) is 0 Å². The first-order valence-electron chi connectivity index (χ1n) is 9.63. The number of hydrogen-bond acceptors (Lipinski definition) is 2. The quantitative estimate of drug-likeness (QED) is 0.343. The van der Waals surface area contributed by atoms with Crippen molar-refractivity contribution in [2.24, 2.45) is 0 Å². The molecule has 0 aliphatic heterocycles. The summed E-state index contributed by atoms with van der Waals surface area (Å²) in [5.41, 5.74) is 5.78. The summed E-state index contributed by atoms with van der Waals surface area (Å²) in [6.07, 6.45) is 5.14. The van der Waals surface area contributed by atoms with Crippen molar-refractivity contribution in [2.75, 3.05) is 26.1 Å².